The van der Waals surface area contributed by atoms with Crippen molar-refractivity contribution in [3.63, 3.8) is 0 Å². The molecule has 0 unspecified atom stereocenters. The van der Waals surface area contributed by atoms with Crippen molar-refractivity contribution in [3.8, 4) is 33.4 Å². The van der Waals surface area contributed by atoms with Gasteiger partial charge in [0.25, 0.3) is 0 Å². The predicted octanol–water partition coefficient (Wildman–Crippen LogP) is 10.4. The van der Waals surface area contributed by atoms with Crippen molar-refractivity contribution < 1.29 is 0 Å². The topological polar surface area (TPSA) is 16.1 Å². The Balaban J connectivity index is 1.29. The van der Waals surface area contributed by atoms with Crippen LogP contribution >= 0.6 is 0 Å². The van der Waals surface area contributed by atoms with Crippen LogP contribution in [0, 0.1) is 0 Å². The molecule has 0 spiro atoms. The van der Waals surface area contributed by atoms with E-state index in [4.69, 9.17) is 0 Å². The van der Waals surface area contributed by atoms with E-state index in [9.17, 15) is 0 Å². The smallest absolute Gasteiger partial charge is 0.0440 e. The van der Waals surface area contributed by atoms with Crippen molar-refractivity contribution in [1.29, 1.82) is 0 Å². The second-order valence-electron chi connectivity index (χ2n) is 11.3. The van der Waals surface area contributed by atoms with E-state index < -0.39 is 0 Å². The third-order valence-corrected chi connectivity index (χ3v) is 8.68. The second-order valence-corrected chi connectivity index (χ2v) is 11.3. The lowest BCUT2D eigenvalue weighted by atomic mass is 9.91. The molecule has 0 saturated heterocycles. The monoisotopic (exact) mass is 550 g/mol. The fourth-order valence-corrected chi connectivity index (χ4v) is 6.53. The molecule has 2 heterocycles. The van der Waals surface area contributed by atoms with Gasteiger partial charge < -0.3 is 4.90 Å². The first-order chi connectivity index (χ1) is 21.2. The van der Waals surface area contributed by atoms with Crippen LogP contribution in [0.3, 0.4) is 0 Å². The first-order valence-corrected chi connectivity index (χ1v) is 14.8. The van der Waals surface area contributed by atoms with Gasteiger partial charge in [-0.2, -0.15) is 0 Å². The van der Waals surface area contributed by atoms with Crippen LogP contribution in [0.5, 0.6) is 0 Å². The molecule has 2 heteroatoms. The van der Waals surface area contributed by atoms with Crippen molar-refractivity contribution in [2.45, 2.75) is 0 Å². The normalized spacial score (nSPS) is 13.1. The highest BCUT2D eigenvalue weighted by Crippen LogP contribution is 2.38. The lowest BCUT2D eigenvalue weighted by Gasteiger charge is -2.25. The molecule has 6 aromatic carbocycles. The number of hydrogen-bond acceptors (Lipinski definition) is 2. The van der Waals surface area contributed by atoms with E-state index in [2.05, 4.69) is 150 Å². The second kappa shape index (κ2) is 10.4. The van der Waals surface area contributed by atoms with Crippen LogP contribution in [0.25, 0.3) is 71.4 Å². The molecule has 2 nitrogen and oxygen atoms in total. The number of benzene rings is 6. The van der Waals surface area contributed by atoms with Gasteiger partial charge in [-0.3, -0.25) is 4.98 Å². The Kier molecular flexibility index (Phi) is 6.12. The maximum atomic E-state index is 4.40. The molecule has 0 atom stereocenters. The molecular weight excluding hydrogens is 520 g/mol. The van der Waals surface area contributed by atoms with Gasteiger partial charge in [-0.15, -0.1) is 0 Å². The standard InChI is InChI=1S/C41H30N2/c1-43-21-7-6-17-41(43)34-24-32(23-33(25-34)31-12-9-20-42-27-31)29-11-8-10-28(22-29)30-18-19-39-37-15-3-2-13-35(37)36-14-4-5-16-38(36)40(39)26-30/h2-20,22-27H,21H2,1H3. The lowest BCUT2D eigenvalue weighted by Crippen LogP contribution is -2.18. The number of likely N-dealkylation sites (N-methyl/N-ethyl adjacent to an activating group) is 1. The van der Waals surface area contributed by atoms with E-state index in [0.717, 1.165) is 12.1 Å². The summed E-state index contributed by atoms with van der Waals surface area (Å²) in [4.78, 5) is 6.70. The summed E-state index contributed by atoms with van der Waals surface area (Å²) in [6.07, 6.45) is 10.3. The minimum Gasteiger partial charge on any atom is -0.370 e. The maximum Gasteiger partial charge on any atom is 0.0440 e. The molecule has 1 aliphatic heterocycles. The van der Waals surface area contributed by atoms with Crippen LogP contribution < -0.4 is 0 Å². The van der Waals surface area contributed by atoms with Crippen LogP contribution in [-0.4, -0.2) is 23.5 Å². The van der Waals surface area contributed by atoms with Gasteiger partial charge in [0.05, 0.1) is 0 Å². The zero-order valence-corrected chi connectivity index (χ0v) is 24.0. The zero-order valence-electron chi connectivity index (χ0n) is 24.0. The first kappa shape index (κ1) is 25.3. The summed E-state index contributed by atoms with van der Waals surface area (Å²) in [6, 6.07) is 44.4. The molecule has 0 N–H and O–H groups in total. The molecule has 0 saturated carbocycles. The van der Waals surface area contributed by atoms with Crippen LogP contribution in [0.15, 0.2) is 152 Å². The Bertz CT molecular complexity index is 2190. The molecule has 7 aromatic rings. The van der Waals surface area contributed by atoms with Gasteiger partial charge in [0.2, 0.25) is 0 Å². The van der Waals surface area contributed by atoms with Crippen molar-refractivity contribution in [1.82, 2.24) is 9.88 Å². The summed E-state index contributed by atoms with van der Waals surface area (Å²) in [5.74, 6) is 0. The van der Waals surface area contributed by atoms with Gasteiger partial charge in [-0.05, 0) is 108 Å². The van der Waals surface area contributed by atoms with Gasteiger partial charge in [0.1, 0.15) is 0 Å². The van der Waals surface area contributed by atoms with Gasteiger partial charge in [0.15, 0.2) is 0 Å². The van der Waals surface area contributed by atoms with Crippen molar-refractivity contribution >= 4 is 38.0 Å². The zero-order chi connectivity index (χ0) is 28.8. The molecule has 43 heavy (non-hydrogen) atoms. The number of rotatable bonds is 4. The molecule has 8 rings (SSSR count). The average molecular weight is 551 g/mol. The van der Waals surface area contributed by atoms with Crippen molar-refractivity contribution in [2.75, 3.05) is 13.6 Å². The van der Waals surface area contributed by atoms with Crippen molar-refractivity contribution in [3.05, 3.63) is 158 Å². The Morgan fingerprint density at radius 1 is 0.488 bits per heavy atom. The fourth-order valence-electron chi connectivity index (χ4n) is 6.53. The molecule has 1 aromatic heterocycles. The van der Waals surface area contributed by atoms with Gasteiger partial charge in [-0.25, -0.2) is 0 Å². The Labute approximate surface area is 251 Å². The van der Waals surface area contributed by atoms with Crippen LogP contribution in [0.1, 0.15) is 5.56 Å². The quantitative estimate of drug-likeness (QED) is 0.203. The first-order valence-electron chi connectivity index (χ1n) is 14.8. The molecular formula is C41H30N2. The number of aromatic nitrogens is 1. The fraction of sp³-hybridized carbons (Fsp3) is 0.0488. The number of hydrogen-bond donors (Lipinski definition) is 0. The van der Waals surface area contributed by atoms with Crippen LogP contribution in [-0.2, 0) is 0 Å². The van der Waals surface area contributed by atoms with Crippen LogP contribution in [0.2, 0.25) is 0 Å². The number of nitrogens with zero attached hydrogens (tertiary/aromatic N) is 2. The van der Waals surface area contributed by atoms with Crippen LogP contribution in [0.4, 0.5) is 0 Å². The number of allylic oxidation sites excluding steroid dienone is 2. The highest BCUT2D eigenvalue weighted by Gasteiger charge is 2.14. The molecule has 204 valence electrons. The Morgan fingerprint density at radius 2 is 1.05 bits per heavy atom. The summed E-state index contributed by atoms with van der Waals surface area (Å²) in [6.45, 7) is 0.902. The summed E-state index contributed by atoms with van der Waals surface area (Å²) in [7, 11) is 2.15. The van der Waals surface area contributed by atoms with E-state index in [0.29, 0.717) is 0 Å². The van der Waals surface area contributed by atoms with Gasteiger partial charge in [0, 0.05) is 37.2 Å². The third-order valence-electron chi connectivity index (χ3n) is 8.68. The lowest BCUT2D eigenvalue weighted by molar-refractivity contribution is 0.531. The van der Waals surface area contributed by atoms with Gasteiger partial charge in [-0.1, -0.05) is 97.1 Å². The van der Waals surface area contributed by atoms with E-state index >= 15 is 0 Å². The summed E-state index contributed by atoms with van der Waals surface area (Å²) >= 11 is 0. The van der Waals surface area contributed by atoms with E-state index in [1.165, 1.54) is 71.4 Å². The summed E-state index contributed by atoms with van der Waals surface area (Å²) in [5.41, 5.74) is 9.53. The van der Waals surface area contributed by atoms with E-state index in [-0.39, 0.29) is 0 Å². The largest absolute Gasteiger partial charge is 0.370 e. The van der Waals surface area contributed by atoms with E-state index in [1.54, 1.807) is 0 Å². The van der Waals surface area contributed by atoms with Gasteiger partial charge >= 0.3 is 0 Å². The van der Waals surface area contributed by atoms with Crippen molar-refractivity contribution in [2.24, 2.45) is 0 Å². The minimum atomic E-state index is 0.902. The Morgan fingerprint density at radius 3 is 1.72 bits per heavy atom. The minimum absolute atomic E-state index is 0.902. The highest BCUT2D eigenvalue weighted by molar-refractivity contribution is 6.25. The summed E-state index contributed by atoms with van der Waals surface area (Å²) < 4.78 is 0. The SMILES string of the molecule is CN1CC=CC=C1c1cc(-c2cccnc2)cc(-c2cccc(-c3ccc4c5ccccc5c5ccccc5c4c3)c2)c1. The molecule has 0 amide bonds. The number of fused-ring (bicyclic) bond motifs is 6. The summed E-state index contributed by atoms with van der Waals surface area (Å²) in [5, 5.41) is 7.78. The molecule has 1 aliphatic rings. The molecule has 0 fully saturated rings. The third kappa shape index (κ3) is 4.49. The predicted molar refractivity (Wildman–Crippen MR) is 183 cm³/mol. The average Bonchev–Trinajstić information content (AvgIpc) is 3.08. The maximum absolute atomic E-state index is 4.40. The van der Waals surface area contributed by atoms with E-state index in [1.807, 2.05) is 18.5 Å². The Hall–Kier alpha value is -5.47. The highest BCUT2D eigenvalue weighted by atomic mass is 15.1. The molecule has 0 bridgehead atoms. The number of pyridine rings is 1. The molecule has 0 aliphatic carbocycles. The molecule has 0 radical (unpaired) electrons.